The lowest BCUT2D eigenvalue weighted by Crippen LogP contribution is -2.27. The van der Waals surface area contributed by atoms with Crippen molar-refractivity contribution in [2.75, 3.05) is 24.5 Å². The fraction of sp³-hybridized carbons (Fsp3) is 0.538. The van der Waals surface area contributed by atoms with Gasteiger partial charge in [0.25, 0.3) is 0 Å². The molecule has 0 bridgehead atoms. The van der Waals surface area contributed by atoms with E-state index in [0.29, 0.717) is 5.92 Å². The van der Waals surface area contributed by atoms with Crippen LogP contribution in [0.2, 0.25) is 0 Å². The van der Waals surface area contributed by atoms with E-state index in [1.165, 1.54) is 5.56 Å². The highest BCUT2D eigenvalue weighted by atomic mass is 19.1. The van der Waals surface area contributed by atoms with Gasteiger partial charge in [-0.15, -0.1) is 0 Å². The van der Waals surface area contributed by atoms with Crippen LogP contribution in [0.5, 0.6) is 0 Å². The molecule has 0 aromatic heterocycles. The minimum Gasteiger partial charge on any atom is -0.371 e. The average Bonchev–Trinajstić information content (AvgIpc) is 2.61. The van der Waals surface area contributed by atoms with Crippen LogP contribution in [0.15, 0.2) is 18.2 Å². The van der Waals surface area contributed by atoms with Gasteiger partial charge in [0.15, 0.2) is 0 Å². The molecule has 2 N–H and O–H groups in total. The van der Waals surface area contributed by atoms with Gasteiger partial charge in [0.1, 0.15) is 5.82 Å². The molecule has 0 saturated heterocycles. The third-order valence-corrected chi connectivity index (χ3v) is 3.23. The molecule has 1 aromatic rings. The van der Waals surface area contributed by atoms with E-state index in [-0.39, 0.29) is 5.82 Å². The standard InChI is InChI=1S/C13H19FN2/c1-10(4-6-15)9-16-7-5-11-2-3-12(14)8-13(11)16/h2-3,8,10H,4-7,9,15H2,1H3. The van der Waals surface area contributed by atoms with E-state index < -0.39 is 0 Å². The van der Waals surface area contributed by atoms with Crippen molar-refractivity contribution in [3.63, 3.8) is 0 Å². The smallest absolute Gasteiger partial charge is 0.125 e. The Labute approximate surface area is 96.2 Å². The van der Waals surface area contributed by atoms with Gasteiger partial charge in [0.05, 0.1) is 0 Å². The van der Waals surface area contributed by atoms with Gasteiger partial charge in [-0.2, -0.15) is 0 Å². The number of nitrogens with two attached hydrogens (primary N) is 1. The monoisotopic (exact) mass is 222 g/mol. The third kappa shape index (κ3) is 2.35. The topological polar surface area (TPSA) is 29.3 Å². The number of rotatable bonds is 4. The fourth-order valence-corrected chi connectivity index (χ4v) is 2.36. The van der Waals surface area contributed by atoms with E-state index >= 15 is 0 Å². The van der Waals surface area contributed by atoms with Crippen LogP contribution in [0, 0.1) is 11.7 Å². The molecule has 1 heterocycles. The van der Waals surface area contributed by atoms with Gasteiger partial charge in [-0.05, 0) is 43.0 Å². The molecule has 88 valence electrons. The van der Waals surface area contributed by atoms with Gasteiger partial charge in [-0.1, -0.05) is 13.0 Å². The lowest BCUT2D eigenvalue weighted by molar-refractivity contribution is 0.531. The van der Waals surface area contributed by atoms with Gasteiger partial charge in [-0.3, -0.25) is 0 Å². The summed E-state index contributed by atoms with van der Waals surface area (Å²) in [6.45, 7) is 4.91. The Morgan fingerprint density at radius 3 is 3.06 bits per heavy atom. The maximum absolute atomic E-state index is 13.2. The minimum absolute atomic E-state index is 0.142. The number of halogens is 1. The third-order valence-electron chi connectivity index (χ3n) is 3.23. The first-order valence-corrected chi connectivity index (χ1v) is 5.94. The molecular weight excluding hydrogens is 203 g/mol. The van der Waals surface area contributed by atoms with Crippen molar-refractivity contribution in [2.24, 2.45) is 11.7 Å². The van der Waals surface area contributed by atoms with Gasteiger partial charge in [-0.25, -0.2) is 4.39 Å². The summed E-state index contributed by atoms with van der Waals surface area (Å²) >= 11 is 0. The number of anilines is 1. The molecule has 2 nitrogen and oxygen atoms in total. The lowest BCUT2D eigenvalue weighted by Gasteiger charge is -2.23. The Balaban J connectivity index is 2.08. The van der Waals surface area contributed by atoms with Crippen LogP contribution < -0.4 is 10.6 Å². The average molecular weight is 222 g/mol. The van der Waals surface area contributed by atoms with Crippen molar-refractivity contribution >= 4 is 5.69 Å². The molecule has 0 saturated carbocycles. The highest BCUT2D eigenvalue weighted by Crippen LogP contribution is 2.29. The van der Waals surface area contributed by atoms with E-state index in [9.17, 15) is 4.39 Å². The Hall–Kier alpha value is -1.09. The molecule has 1 unspecified atom stereocenters. The predicted octanol–water partition coefficient (Wildman–Crippen LogP) is 2.17. The van der Waals surface area contributed by atoms with E-state index in [4.69, 9.17) is 5.73 Å². The highest BCUT2D eigenvalue weighted by Gasteiger charge is 2.20. The summed E-state index contributed by atoms with van der Waals surface area (Å²) in [6.07, 6.45) is 2.06. The minimum atomic E-state index is -0.142. The number of hydrogen-bond acceptors (Lipinski definition) is 2. The first-order valence-electron chi connectivity index (χ1n) is 5.94. The van der Waals surface area contributed by atoms with E-state index in [2.05, 4.69) is 11.8 Å². The lowest BCUT2D eigenvalue weighted by atomic mass is 10.1. The molecular formula is C13H19FN2. The van der Waals surface area contributed by atoms with Crippen LogP contribution in [0.25, 0.3) is 0 Å². The summed E-state index contributed by atoms with van der Waals surface area (Å²) in [5.74, 6) is 0.427. The van der Waals surface area contributed by atoms with Crippen molar-refractivity contribution < 1.29 is 4.39 Å². The largest absolute Gasteiger partial charge is 0.371 e. The second-order valence-corrected chi connectivity index (χ2v) is 4.65. The van der Waals surface area contributed by atoms with Crippen LogP contribution in [-0.2, 0) is 6.42 Å². The van der Waals surface area contributed by atoms with Gasteiger partial charge in [0, 0.05) is 18.8 Å². The van der Waals surface area contributed by atoms with Crippen molar-refractivity contribution in [1.29, 1.82) is 0 Å². The second kappa shape index (κ2) is 4.83. The predicted molar refractivity (Wildman–Crippen MR) is 65.2 cm³/mol. The summed E-state index contributed by atoms with van der Waals surface area (Å²) < 4.78 is 13.2. The molecule has 0 fully saturated rings. The van der Waals surface area contributed by atoms with Gasteiger partial charge < -0.3 is 10.6 Å². The number of hydrogen-bond donors (Lipinski definition) is 1. The van der Waals surface area contributed by atoms with Crippen molar-refractivity contribution in [3.05, 3.63) is 29.6 Å². The van der Waals surface area contributed by atoms with Crippen LogP contribution >= 0.6 is 0 Å². The Bertz CT molecular complexity index is 365. The fourth-order valence-electron chi connectivity index (χ4n) is 2.36. The number of benzene rings is 1. The van der Waals surface area contributed by atoms with E-state index in [1.807, 2.05) is 6.07 Å². The molecule has 0 radical (unpaired) electrons. The van der Waals surface area contributed by atoms with E-state index in [0.717, 1.165) is 38.2 Å². The van der Waals surface area contributed by atoms with Crippen molar-refractivity contribution in [1.82, 2.24) is 0 Å². The number of fused-ring (bicyclic) bond motifs is 1. The molecule has 1 atom stereocenters. The number of nitrogens with zero attached hydrogens (tertiary/aromatic N) is 1. The zero-order valence-corrected chi connectivity index (χ0v) is 9.75. The van der Waals surface area contributed by atoms with Crippen molar-refractivity contribution in [2.45, 2.75) is 19.8 Å². The molecule has 2 rings (SSSR count). The van der Waals surface area contributed by atoms with Crippen molar-refractivity contribution in [3.8, 4) is 0 Å². The Kier molecular flexibility index (Phi) is 3.44. The Morgan fingerprint density at radius 1 is 1.50 bits per heavy atom. The molecule has 0 amide bonds. The molecule has 1 aliphatic heterocycles. The van der Waals surface area contributed by atoms with E-state index in [1.54, 1.807) is 12.1 Å². The summed E-state index contributed by atoms with van der Waals surface area (Å²) in [5, 5.41) is 0. The summed E-state index contributed by atoms with van der Waals surface area (Å²) in [7, 11) is 0. The normalized spacial score (nSPS) is 16.3. The Morgan fingerprint density at radius 2 is 2.31 bits per heavy atom. The summed E-state index contributed by atoms with van der Waals surface area (Å²) in [6, 6.07) is 5.10. The van der Waals surface area contributed by atoms with Crippen LogP contribution in [0.1, 0.15) is 18.9 Å². The SMILES string of the molecule is CC(CCN)CN1CCc2ccc(F)cc21. The second-order valence-electron chi connectivity index (χ2n) is 4.65. The zero-order valence-electron chi connectivity index (χ0n) is 9.75. The van der Waals surface area contributed by atoms with Gasteiger partial charge >= 0.3 is 0 Å². The quantitative estimate of drug-likeness (QED) is 0.846. The maximum atomic E-state index is 13.2. The van der Waals surface area contributed by atoms with Crippen LogP contribution in [-0.4, -0.2) is 19.6 Å². The molecule has 1 aromatic carbocycles. The highest BCUT2D eigenvalue weighted by molar-refractivity contribution is 5.58. The van der Waals surface area contributed by atoms with Crippen LogP contribution in [0.4, 0.5) is 10.1 Å². The summed E-state index contributed by atoms with van der Waals surface area (Å²) in [4.78, 5) is 2.28. The molecule has 3 heteroatoms. The zero-order chi connectivity index (χ0) is 11.5. The molecule has 16 heavy (non-hydrogen) atoms. The van der Waals surface area contributed by atoms with Gasteiger partial charge in [0.2, 0.25) is 0 Å². The summed E-state index contributed by atoms with van der Waals surface area (Å²) in [5.41, 5.74) is 7.88. The van der Waals surface area contributed by atoms with Crippen LogP contribution in [0.3, 0.4) is 0 Å². The maximum Gasteiger partial charge on any atom is 0.125 e. The first-order chi connectivity index (χ1) is 7.70. The first kappa shape index (κ1) is 11.4. The molecule has 0 spiro atoms. The molecule has 0 aliphatic carbocycles. The molecule has 1 aliphatic rings.